The summed E-state index contributed by atoms with van der Waals surface area (Å²) in [5.41, 5.74) is -4.48. The van der Waals surface area contributed by atoms with Gasteiger partial charge in [-0.15, -0.1) is 11.3 Å². The van der Waals surface area contributed by atoms with Gasteiger partial charge >= 0.3 is 12.2 Å². The van der Waals surface area contributed by atoms with Gasteiger partial charge in [0.15, 0.2) is 10.8 Å². The summed E-state index contributed by atoms with van der Waals surface area (Å²) in [6.45, 7) is 1.79. The fourth-order valence-electron chi connectivity index (χ4n) is 7.89. The molecule has 8 rings (SSSR count). The number of nitrogens with one attached hydrogen (secondary N) is 1. The second-order valence-electron chi connectivity index (χ2n) is 12.9. The Hall–Kier alpha value is -3.37. The van der Waals surface area contributed by atoms with Gasteiger partial charge in [-0.1, -0.05) is 0 Å². The van der Waals surface area contributed by atoms with E-state index in [0.29, 0.717) is 37.4 Å². The first-order valence-electron chi connectivity index (χ1n) is 15.4. The SMILES string of the molecule is Fc1c(-c2ccc(F)c3sc(C(F)F)nc23)c(C(F)(F)F)cc2c(N3CC4CCC(C3)N4)nc(OC[C@@]34CCCN3C[C@H](F)C4)nc12. The smallest absolute Gasteiger partial charge is 0.417 e. The van der Waals surface area contributed by atoms with Crippen molar-refractivity contribution in [2.24, 2.45) is 0 Å². The maximum absolute atomic E-state index is 16.8. The number of hydrogen-bond donors (Lipinski definition) is 1. The van der Waals surface area contributed by atoms with Crippen LogP contribution in [0.5, 0.6) is 6.01 Å². The lowest BCUT2D eigenvalue weighted by atomic mass is 9.94. The van der Waals surface area contributed by atoms with E-state index in [1.54, 1.807) is 4.90 Å². The van der Waals surface area contributed by atoms with E-state index in [-0.39, 0.29) is 48.9 Å². The number of aromatic nitrogens is 3. The highest BCUT2D eigenvalue weighted by Crippen LogP contribution is 2.47. The average molecular weight is 685 g/mol. The molecular weight excluding hydrogens is 656 g/mol. The Morgan fingerprint density at radius 1 is 1.04 bits per heavy atom. The zero-order valence-electron chi connectivity index (χ0n) is 24.7. The van der Waals surface area contributed by atoms with E-state index in [2.05, 4.69) is 20.3 Å². The second-order valence-corrected chi connectivity index (χ2v) is 13.9. The van der Waals surface area contributed by atoms with Crippen molar-refractivity contribution in [3.63, 3.8) is 0 Å². The van der Waals surface area contributed by atoms with Crippen LogP contribution in [-0.4, -0.2) is 76.4 Å². The number of thiazole rings is 1. The molecule has 4 aliphatic rings. The van der Waals surface area contributed by atoms with Crippen LogP contribution in [0.3, 0.4) is 0 Å². The first-order chi connectivity index (χ1) is 22.4. The third-order valence-electron chi connectivity index (χ3n) is 9.91. The largest absolute Gasteiger partial charge is 0.461 e. The highest BCUT2D eigenvalue weighted by Gasteiger charge is 2.49. The number of alkyl halides is 6. The van der Waals surface area contributed by atoms with Gasteiger partial charge in [-0.05, 0) is 50.4 Å². The molecule has 2 bridgehead atoms. The molecule has 7 nitrogen and oxygen atoms in total. The molecular formula is C31H28F8N6OS. The highest BCUT2D eigenvalue weighted by atomic mass is 32.1. The van der Waals surface area contributed by atoms with Crippen LogP contribution < -0.4 is 15.0 Å². The van der Waals surface area contributed by atoms with Crippen LogP contribution in [0.2, 0.25) is 0 Å². The van der Waals surface area contributed by atoms with E-state index in [9.17, 15) is 30.7 Å². The van der Waals surface area contributed by atoms with Crippen molar-refractivity contribution in [2.75, 3.05) is 37.7 Å². The van der Waals surface area contributed by atoms with Gasteiger partial charge < -0.3 is 15.0 Å². The summed E-state index contributed by atoms with van der Waals surface area (Å²) in [6.07, 6.45) is -5.78. The van der Waals surface area contributed by atoms with Crippen molar-refractivity contribution in [3.8, 4) is 17.1 Å². The molecule has 4 fully saturated rings. The van der Waals surface area contributed by atoms with E-state index < -0.39 is 73.4 Å². The predicted molar refractivity (Wildman–Crippen MR) is 159 cm³/mol. The summed E-state index contributed by atoms with van der Waals surface area (Å²) in [5, 5.41) is 2.44. The first-order valence-corrected chi connectivity index (χ1v) is 16.2. The van der Waals surface area contributed by atoms with E-state index in [4.69, 9.17) is 4.74 Å². The third-order valence-corrected chi connectivity index (χ3v) is 11.0. The van der Waals surface area contributed by atoms with E-state index in [0.717, 1.165) is 37.5 Å². The number of fused-ring (bicyclic) bond motifs is 5. The Bertz CT molecular complexity index is 1870. The monoisotopic (exact) mass is 684 g/mol. The molecule has 47 heavy (non-hydrogen) atoms. The average Bonchev–Trinajstić information content (AvgIpc) is 3.78. The van der Waals surface area contributed by atoms with Gasteiger partial charge in [0, 0.05) is 54.7 Å². The Kier molecular flexibility index (Phi) is 7.30. The number of halogens is 8. The van der Waals surface area contributed by atoms with Gasteiger partial charge in [-0.2, -0.15) is 23.1 Å². The van der Waals surface area contributed by atoms with Gasteiger partial charge in [-0.25, -0.2) is 26.9 Å². The third kappa shape index (κ3) is 5.17. The molecule has 4 saturated heterocycles. The molecule has 2 aromatic carbocycles. The van der Waals surface area contributed by atoms with Gasteiger partial charge in [0.1, 0.15) is 29.9 Å². The minimum atomic E-state index is -5.11. The number of piperazine rings is 1. The van der Waals surface area contributed by atoms with Crippen LogP contribution in [-0.2, 0) is 6.18 Å². The molecule has 4 aromatic rings. The van der Waals surface area contributed by atoms with Crippen molar-refractivity contribution < 1.29 is 39.9 Å². The molecule has 0 amide bonds. The summed E-state index contributed by atoms with van der Waals surface area (Å²) >= 11 is 0.291. The standard InChI is InChI=1S/C31H28F8N6OS/c32-14-9-30(6-1-7-45(30)10-14)13-46-29-42-23-18(27(43-29)44-11-15-2-3-16(12-44)40-15)8-19(31(37,38)39)21(22(23)34)17-4-5-20(33)25-24(17)41-28(47-25)26(35)36/h4-5,8,14-16,26,40H,1-3,6-7,9-13H2/t14-,15?,16?,30+/m1/s1. The molecule has 4 atom stereocenters. The van der Waals surface area contributed by atoms with Crippen LogP contribution in [0.1, 0.15) is 49.1 Å². The zero-order valence-corrected chi connectivity index (χ0v) is 25.5. The molecule has 1 N–H and O–H groups in total. The minimum absolute atomic E-state index is 0.00803. The van der Waals surface area contributed by atoms with E-state index in [1.165, 1.54) is 0 Å². The number of anilines is 1. The molecule has 0 aliphatic carbocycles. The summed E-state index contributed by atoms with van der Waals surface area (Å²) < 4.78 is 123. The number of ether oxygens (including phenoxy) is 1. The molecule has 0 radical (unpaired) electrons. The quantitative estimate of drug-likeness (QED) is 0.219. The van der Waals surface area contributed by atoms with Crippen LogP contribution in [0.25, 0.3) is 32.2 Å². The van der Waals surface area contributed by atoms with E-state index >= 15 is 4.39 Å². The molecule has 4 aliphatic heterocycles. The van der Waals surface area contributed by atoms with Gasteiger partial charge in [0.05, 0.1) is 21.3 Å². The number of rotatable bonds is 6. The van der Waals surface area contributed by atoms with Crippen LogP contribution in [0.4, 0.5) is 40.9 Å². The van der Waals surface area contributed by atoms with E-state index in [1.807, 2.05) is 4.90 Å². The van der Waals surface area contributed by atoms with Crippen molar-refractivity contribution in [1.29, 1.82) is 0 Å². The lowest BCUT2D eigenvalue weighted by Gasteiger charge is -2.35. The molecule has 6 heterocycles. The van der Waals surface area contributed by atoms with Gasteiger partial charge in [0.25, 0.3) is 6.43 Å². The summed E-state index contributed by atoms with van der Waals surface area (Å²) in [4.78, 5) is 16.3. The molecule has 16 heteroatoms. The normalized spacial score (nSPS) is 26.3. The second kappa shape index (κ2) is 11.1. The fraction of sp³-hybridized carbons (Fsp3) is 0.516. The molecule has 2 aromatic heterocycles. The maximum Gasteiger partial charge on any atom is 0.417 e. The minimum Gasteiger partial charge on any atom is -0.461 e. The number of nitrogens with zero attached hydrogens (tertiary/aromatic N) is 5. The van der Waals surface area contributed by atoms with Crippen molar-refractivity contribution in [2.45, 2.75) is 68.5 Å². The summed E-state index contributed by atoms with van der Waals surface area (Å²) in [5.74, 6) is -2.31. The Morgan fingerprint density at radius 2 is 1.81 bits per heavy atom. The summed E-state index contributed by atoms with van der Waals surface area (Å²) in [6, 6.07) is 2.31. The topological polar surface area (TPSA) is 66.4 Å². The van der Waals surface area contributed by atoms with Crippen LogP contribution in [0, 0.1) is 11.6 Å². The van der Waals surface area contributed by atoms with Crippen LogP contribution >= 0.6 is 11.3 Å². The molecule has 2 unspecified atom stereocenters. The number of hydrogen-bond acceptors (Lipinski definition) is 8. The number of benzene rings is 2. The Morgan fingerprint density at radius 3 is 2.53 bits per heavy atom. The maximum atomic E-state index is 16.8. The van der Waals surface area contributed by atoms with Gasteiger partial charge in [0.2, 0.25) is 0 Å². The molecule has 250 valence electrons. The Balaban J connectivity index is 1.32. The fourth-order valence-corrected chi connectivity index (χ4v) is 8.74. The Labute approximate surface area is 266 Å². The first kappa shape index (κ1) is 30.9. The zero-order chi connectivity index (χ0) is 32.8. The van der Waals surface area contributed by atoms with Crippen molar-refractivity contribution >= 4 is 38.3 Å². The molecule has 0 spiro atoms. The summed E-state index contributed by atoms with van der Waals surface area (Å²) in [7, 11) is 0. The van der Waals surface area contributed by atoms with Crippen LogP contribution in [0.15, 0.2) is 18.2 Å². The lowest BCUT2D eigenvalue weighted by Crippen LogP contribution is -2.51. The predicted octanol–water partition coefficient (Wildman–Crippen LogP) is 7.04. The molecule has 0 saturated carbocycles. The van der Waals surface area contributed by atoms with Crippen molar-refractivity contribution in [3.05, 3.63) is 40.4 Å². The van der Waals surface area contributed by atoms with Gasteiger partial charge in [-0.3, -0.25) is 4.90 Å². The van der Waals surface area contributed by atoms with Crippen molar-refractivity contribution in [1.82, 2.24) is 25.2 Å². The highest BCUT2D eigenvalue weighted by molar-refractivity contribution is 7.18. The lowest BCUT2D eigenvalue weighted by molar-refractivity contribution is -0.137.